The second-order valence-electron chi connectivity index (χ2n) is 4.06. The molecule has 0 spiro atoms. The number of ether oxygens (including phenoxy) is 1. The summed E-state index contributed by atoms with van der Waals surface area (Å²) in [6, 6.07) is 2.04. The summed E-state index contributed by atoms with van der Waals surface area (Å²) < 4.78 is 5.62. The summed E-state index contributed by atoms with van der Waals surface area (Å²) in [6.45, 7) is 0. The van der Waals surface area contributed by atoms with Crippen LogP contribution in [-0.2, 0) is 14.3 Å². The highest BCUT2D eigenvalue weighted by atomic mass is 16.5. The number of hydrogen-bond acceptors (Lipinski definition) is 4. The van der Waals surface area contributed by atoms with Crippen molar-refractivity contribution >= 4 is 11.8 Å². The Morgan fingerprint density at radius 1 is 1.50 bits per heavy atom. The third-order valence-corrected chi connectivity index (χ3v) is 3.20. The van der Waals surface area contributed by atoms with Crippen molar-refractivity contribution in [1.82, 2.24) is 5.32 Å². The molecule has 1 atom stereocenters. The van der Waals surface area contributed by atoms with Gasteiger partial charge in [-0.15, -0.1) is 0 Å². The van der Waals surface area contributed by atoms with E-state index in [1.807, 2.05) is 12.1 Å². The van der Waals surface area contributed by atoms with Crippen LogP contribution in [0.5, 0.6) is 0 Å². The Morgan fingerprint density at radius 2 is 2.31 bits per heavy atom. The van der Waals surface area contributed by atoms with Crippen molar-refractivity contribution in [3.05, 3.63) is 23.0 Å². The first kappa shape index (κ1) is 9.16. The molecular formula is C11H8N2O3. The molecule has 0 aromatic heterocycles. The number of rotatable bonds is 2. The molecule has 1 unspecified atom stereocenters. The Labute approximate surface area is 91.4 Å². The molecule has 0 aliphatic carbocycles. The van der Waals surface area contributed by atoms with Crippen LogP contribution in [0.15, 0.2) is 23.0 Å². The number of carbonyl (C=O) groups is 2. The van der Waals surface area contributed by atoms with Gasteiger partial charge in [-0.1, -0.05) is 0 Å². The minimum absolute atomic E-state index is 0.305. The maximum Gasteiger partial charge on any atom is 0.262 e. The fourth-order valence-corrected chi connectivity index (χ4v) is 2.52. The van der Waals surface area contributed by atoms with E-state index in [1.54, 1.807) is 0 Å². The highest BCUT2D eigenvalue weighted by Gasteiger charge is 2.56. The predicted molar refractivity (Wildman–Crippen MR) is 51.5 cm³/mol. The number of nitriles is 1. The zero-order valence-corrected chi connectivity index (χ0v) is 8.37. The van der Waals surface area contributed by atoms with E-state index in [4.69, 9.17) is 10.00 Å². The second kappa shape index (κ2) is 2.73. The topological polar surface area (TPSA) is 79.2 Å². The van der Waals surface area contributed by atoms with Crippen LogP contribution >= 0.6 is 0 Å². The first-order valence-electron chi connectivity index (χ1n) is 5.05. The van der Waals surface area contributed by atoms with Crippen LogP contribution in [0.25, 0.3) is 0 Å². The quantitative estimate of drug-likeness (QED) is 0.673. The molecule has 3 heterocycles. The molecule has 0 radical (unpaired) electrons. The molecule has 1 N–H and O–H groups in total. The summed E-state index contributed by atoms with van der Waals surface area (Å²) in [4.78, 5) is 23.1. The van der Waals surface area contributed by atoms with Gasteiger partial charge in [0.2, 0.25) is 0 Å². The van der Waals surface area contributed by atoms with Crippen molar-refractivity contribution in [2.24, 2.45) is 0 Å². The molecular weight excluding hydrogens is 208 g/mol. The summed E-state index contributed by atoms with van der Waals surface area (Å²) in [6.07, 6.45) is 3.14. The fourth-order valence-electron chi connectivity index (χ4n) is 2.52. The zero-order chi connectivity index (χ0) is 11.3. The molecule has 0 saturated carbocycles. The van der Waals surface area contributed by atoms with E-state index in [9.17, 15) is 9.59 Å². The van der Waals surface area contributed by atoms with Crippen LogP contribution in [0.4, 0.5) is 0 Å². The maximum atomic E-state index is 11.6. The first-order valence-corrected chi connectivity index (χ1v) is 5.05. The number of amides is 2. The Bertz CT molecular complexity index is 524. The molecule has 0 saturated heterocycles. The zero-order valence-electron chi connectivity index (χ0n) is 8.37. The number of hydrogen-bond donors (Lipinski definition) is 1. The van der Waals surface area contributed by atoms with Gasteiger partial charge in [0.15, 0.2) is 0 Å². The number of nitrogens with one attached hydrogen (secondary N) is 1. The predicted octanol–water partition coefficient (Wildman–Crippen LogP) is 0.300. The molecule has 5 heteroatoms. The average Bonchev–Trinajstić information content (AvgIpc) is 2.88. The molecule has 0 aromatic carbocycles. The van der Waals surface area contributed by atoms with Crippen molar-refractivity contribution in [3.8, 4) is 6.07 Å². The average molecular weight is 216 g/mol. The van der Waals surface area contributed by atoms with Crippen molar-refractivity contribution in [1.29, 1.82) is 5.26 Å². The van der Waals surface area contributed by atoms with E-state index in [2.05, 4.69) is 5.32 Å². The van der Waals surface area contributed by atoms with E-state index in [0.29, 0.717) is 36.2 Å². The minimum Gasteiger partial charge on any atom is -0.481 e. The van der Waals surface area contributed by atoms with Gasteiger partial charge in [-0.3, -0.25) is 14.9 Å². The minimum atomic E-state index is -0.753. The molecule has 0 aromatic rings. The van der Waals surface area contributed by atoms with Crippen LogP contribution in [0.1, 0.15) is 19.3 Å². The van der Waals surface area contributed by atoms with Crippen molar-refractivity contribution in [2.45, 2.75) is 24.9 Å². The van der Waals surface area contributed by atoms with E-state index in [0.717, 1.165) is 0 Å². The molecule has 16 heavy (non-hydrogen) atoms. The van der Waals surface area contributed by atoms with E-state index < -0.39 is 5.60 Å². The van der Waals surface area contributed by atoms with Crippen LogP contribution < -0.4 is 5.32 Å². The highest BCUT2D eigenvalue weighted by Crippen LogP contribution is 2.50. The van der Waals surface area contributed by atoms with Crippen molar-refractivity contribution in [2.75, 3.05) is 0 Å². The van der Waals surface area contributed by atoms with Gasteiger partial charge in [0.1, 0.15) is 11.4 Å². The molecule has 3 aliphatic rings. The molecule has 2 bridgehead atoms. The molecule has 5 nitrogen and oxygen atoms in total. The normalized spacial score (nSPS) is 29.8. The number of imide groups is 1. The molecule has 2 amide bonds. The monoisotopic (exact) mass is 216 g/mol. The van der Waals surface area contributed by atoms with Gasteiger partial charge in [-0.2, -0.15) is 5.26 Å². The standard InChI is InChI=1S/C11H8N2O3/c12-5-1-3-11-4-2-6(16-11)7-8(11)10(15)13-9(7)14/h2H,1,3-4H2,(H,13,14,15). The van der Waals surface area contributed by atoms with Gasteiger partial charge in [0.05, 0.1) is 17.2 Å². The summed E-state index contributed by atoms with van der Waals surface area (Å²) in [5.74, 6) is -0.262. The second-order valence-corrected chi connectivity index (χ2v) is 4.06. The van der Waals surface area contributed by atoms with Crippen LogP contribution in [0.2, 0.25) is 0 Å². The number of nitrogens with zero attached hydrogens (tertiary/aromatic N) is 1. The highest BCUT2D eigenvalue weighted by molar-refractivity contribution is 6.23. The summed E-state index contributed by atoms with van der Waals surface area (Å²) in [5.41, 5.74) is 0.0378. The number of carbonyl (C=O) groups excluding carboxylic acids is 2. The molecule has 3 rings (SSSR count). The van der Waals surface area contributed by atoms with Gasteiger partial charge in [0.25, 0.3) is 11.8 Å². The summed E-state index contributed by atoms with van der Waals surface area (Å²) >= 11 is 0. The molecule has 3 aliphatic heterocycles. The lowest BCUT2D eigenvalue weighted by molar-refractivity contribution is -0.125. The van der Waals surface area contributed by atoms with Gasteiger partial charge < -0.3 is 4.74 Å². The van der Waals surface area contributed by atoms with E-state index >= 15 is 0 Å². The SMILES string of the molecule is N#CCCC12CC=C(O1)C1=C2C(=O)NC1=O. The van der Waals surface area contributed by atoms with Crippen LogP contribution in [0.3, 0.4) is 0 Å². The van der Waals surface area contributed by atoms with Gasteiger partial charge in [-0.05, 0) is 6.08 Å². The van der Waals surface area contributed by atoms with Crippen LogP contribution in [-0.4, -0.2) is 17.4 Å². The lowest BCUT2D eigenvalue weighted by atomic mass is 9.83. The summed E-state index contributed by atoms with van der Waals surface area (Å²) in [7, 11) is 0. The summed E-state index contributed by atoms with van der Waals surface area (Å²) in [5, 5.41) is 10.9. The lowest BCUT2D eigenvalue weighted by Crippen LogP contribution is -2.35. The van der Waals surface area contributed by atoms with Crippen LogP contribution in [0, 0.1) is 11.3 Å². The van der Waals surface area contributed by atoms with Gasteiger partial charge >= 0.3 is 0 Å². The van der Waals surface area contributed by atoms with Crippen molar-refractivity contribution < 1.29 is 14.3 Å². The van der Waals surface area contributed by atoms with E-state index in [-0.39, 0.29) is 11.8 Å². The smallest absolute Gasteiger partial charge is 0.262 e. The maximum absolute atomic E-state index is 11.6. The Kier molecular flexibility index (Phi) is 1.56. The first-order chi connectivity index (χ1) is 7.68. The van der Waals surface area contributed by atoms with Crippen molar-refractivity contribution in [3.63, 3.8) is 0 Å². The number of fused-ring (bicyclic) bond motifs is 4. The van der Waals surface area contributed by atoms with Gasteiger partial charge in [-0.25, -0.2) is 0 Å². The Morgan fingerprint density at radius 3 is 3.06 bits per heavy atom. The fraction of sp³-hybridized carbons (Fsp3) is 0.364. The van der Waals surface area contributed by atoms with E-state index in [1.165, 1.54) is 0 Å². The largest absolute Gasteiger partial charge is 0.481 e. The lowest BCUT2D eigenvalue weighted by Gasteiger charge is -2.25. The Hall–Kier alpha value is -2.09. The molecule has 80 valence electrons. The third-order valence-electron chi connectivity index (χ3n) is 3.20. The van der Waals surface area contributed by atoms with Gasteiger partial charge in [0, 0.05) is 19.3 Å². The molecule has 0 fully saturated rings. The Balaban J connectivity index is 2.06. The third kappa shape index (κ3) is 0.890.